The molecule has 2 heteroatoms. The van der Waals surface area contributed by atoms with Crippen molar-refractivity contribution in [2.24, 2.45) is 10.8 Å². The Kier molecular flexibility index (Phi) is 3.47. The second-order valence-electron chi connectivity index (χ2n) is 6.51. The molecule has 1 amide bonds. The lowest BCUT2D eigenvalue weighted by Crippen LogP contribution is -2.50. The molecule has 0 bridgehead atoms. The first kappa shape index (κ1) is 12.5. The molecule has 1 aliphatic rings. The summed E-state index contributed by atoms with van der Waals surface area (Å²) in [6, 6.07) is 0.359. The molecule has 15 heavy (non-hydrogen) atoms. The van der Waals surface area contributed by atoms with E-state index in [4.69, 9.17) is 0 Å². The highest BCUT2D eigenvalue weighted by Gasteiger charge is 2.35. The fourth-order valence-electron chi connectivity index (χ4n) is 2.14. The molecule has 0 radical (unpaired) electrons. The smallest absolute Gasteiger partial charge is 0.225 e. The van der Waals surface area contributed by atoms with Gasteiger partial charge in [-0.1, -0.05) is 47.5 Å². The van der Waals surface area contributed by atoms with Crippen LogP contribution < -0.4 is 5.32 Å². The molecule has 0 aromatic heterocycles. The molecule has 2 nitrogen and oxygen atoms in total. The summed E-state index contributed by atoms with van der Waals surface area (Å²) in [6.45, 7) is 10.4. The monoisotopic (exact) mass is 211 g/mol. The van der Waals surface area contributed by atoms with Crippen molar-refractivity contribution in [3.8, 4) is 0 Å². The topological polar surface area (TPSA) is 29.1 Å². The van der Waals surface area contributed by atoms with Crippen molar-refractivity contribution in [3.63, 3.8) is 0 Å². The molecular weight excluding hydrogens is 186 g/mol. The van der Waals surface area contributed by atoms with Gasteiger partial charge in [-0.25, -0.2) is 0 Å². The third-order valence-electron chi connectivity index (χ3n) is 3.49. The maximum atomic E-state index is 11.9. The van der Waals surface area contributed by atoms with Crippen molar-refractivity contribution in [2.45, 2.75) is 66.3 Å². The summed E-state index contributed by atoms with van der Waals surface area (Å²) in [4.78, 5) is 11.9. The first-order valence-corrected chi connectivity index (χ1v) is 6.04. The van der Waals surface area contributed by atoms with Crippen molar-refractivity contribution >= 4 is 5.91 Å². The van der Waals surface area contributed by atoms with Gasteiger partial charge in [-0.15, -0.1) is 0 Å². The fourth-order valence-corrected chi connectivity index (χ4v) is 2.14. The number of nitrogens with one attached hydrogen (secondary N) is 1. The predicted molar refractivity (Wildman–Crippen MR) is 63.6 cm³/mol. The van der Waals surface area contributed by atoms with Crippen LogP contribution in [0.15, 0.2) is 0 Å². The molecule has 0 aliphatic heterocycles. The van der Waals surface area contributed by atoms with Crippen LogP contribution in [0.2, 0.25) is 0 Å². The molecule has 0 spiro atoms. The zero-order valence-corrected chi connectivity index (χ0v) is 10.8. The van der Waals surface area contributed by atoms with Crippen LogP contribution in [0, 0.1) is 10.8 Å². The van der Waals surface area contributed by atoms with Crippen molar-refractivity contribution in [1.82, 2.24) is 5.32 Å². The third-order valence-corrected chi connectivity index (χ3v) is 3.49. The van der Waals surface area contributed by atoms with E-state index in [1.165, 1.54) is 19.3 Å². The minimum Gasteiger partial charge on any atom is -0.352 e. The summed E-state index contributed by atoms with van der Waals surface area (Å²) >= 11 is 0. The van der Waals surface area contributed by atoms with Crippen LogP contribution in [0.4, 0.5) is 0 Å². The third kappa shape index (κ3) is 3.22. The molecule has 0 aromatic carbocycles. The van der Waals surface area contributed by atoms with E-state index in [-0.39, 0.29) is 16.7 Å². The first-order chi connectivity index (χ1) is 6.73. The Morgan fingerprint density at radius 2 is 1.87 bits per heavy atom. The number of carbonyl (C=O) groups is 1. The quantitative estimate of drug-likeness (QED) is 0.709. The summed E-state index contributed by atoms with van der Waals surface area (Å²) in [6.07, 6.45) is 4.91. The van der Waals surface area contributed by atoms with E-state index in [0.717, 1.165) is 6.42 Å². The van der Waals surface area contributed by atoms with Crippen LogP contribution in [-0.4, -0.2) is 11.9 Å². The minimum absolute atomic E-state index is 0.183. The SMILES string of the molecule is CC(C)(C)C(=O)NC1CCCCC1(C)C. The molecule has 0 saturated heterocycles. The predicted octanol–water partition coefficient (Wildman–Crippen LogP) is 3.12. The summed E-state index contributed by atoms with van der Waals surface area (Å²) in [7, 11) is 0. The number of rotatable bonds is 1. The highest BCUT2D eigenvalue weighted by molar-refractivity contribution is 5.81. The molecule has 1 fully saturated rings. The lowest BCUT2D eigenvalue weighted by Gasteiger charge is -2.40. The van der Waals surface area contributed by atoms with Gasteiger partial charge in [-0.2, -0.15) is 0 Å². The van der Waals surface area contributed by atoms with Crippen molar-refractivity contribution in [3.05, 3.63) is 0 Å². The van der Waals surface area contributed by atoms with Crippen molar-refractivity contribution in [1.29, 1.82) is 0 Å². The van der Waals surface area contributed by atoms with Crippen LogP contribution >= 0.6 is 0 Å². The van der Waals surface area contributed by atoms with Crippen LogP contribution in [-0.2, 0) is 4.79 Å². The Morgan fingerprint density at radius 3 is 2.33 bits per heavy atom. The molecule has 1 aliphatic carbocycles. The maximum absolute atomic E-state index is 11.9. The molecular formula is C13H25NO. The van der Waals surface area contributed by atoms with Crippen LogP contribution in [0.25, 0.3) is 0 Å². The molecule has 0 heterocycles. The lowest BCUT2D eigenvalue weighted by atomic mass is 9.73. The van der Waals surface area contributed by atoms with Crippen molar-refractivity contribution in [2.75, 3.05) is 0 Å². The molecule has 1 unspecified atom stereocenters. The van der Waals surface area contributed by atoms with Gasteiger partial charge in [0.05, 0.1) is 0 Å². The van der Waals surface area contributed by atoms with E-state index in [0.29, 0.717) is 6.04 Å². The number of amides is 1. The Labute approximate surface area is 93.8 Å². The minimum atomic E-state index is -0.270. The van der Waals surface area contributed by atoms with E-state index in [1.54, 1.807) is 0 Å². The van der Waals surface area contributed by atoms with Gasteiger partial charge in [0, 0.05) is 11.5 Å². The van der Waals surface area contributed by atoms with E-state index in [9.17, 15) is 4.79 Å². The Morgan fingerprint density at radius 1 is 1.27 bits per heavy atom. The standard InChI is InChI=1S/C13H25NO/c1-12(2,3)11(15)14-10-8-6-7-9-13(10,4)5/h10H,6-9H2,1-5H3,(H,14,15). The molecule has 1 rings (SSSR count). The summed E-state index contributed by atoms with van der Waals surface area (Å²) in [5.74, 6) is 0.183. The number of hydrogen-bond acceptors (Lipinski definition) is 1. The van der Waals surface area contributed by atoms with E-state index in [2.05, 4.69) is 19.2 Å². The Balaban J connectivity index is 2.61. The van der Waals surface area contributed by atoms with Gasteiger partial charge in [-0.05, 0) is 18.3 Å². The summed E-state index contributed by atoms with van der Waals surface area (Å²) in [5.41, 5.74) is -0.00725. The fraction of sp³-hybridized carbons (Fsp3) is 0.923. The van der Waals surface area contributed by atoms with E-state index in [1.807, 2.05) is 20.8 Å². The average molecular weight is 211 g/mol. The number of carbonyl (C=O) groups excluding carboxylic acids is 1. The van der Waals surface area contributed by atoms with Gasteiger partial charge in [0.25, 0.3) is 0 Å². The summed E-state index contributed by atoms with van der Waals surface area (Å²) in [5, 5.41) is 3.21. The van der Waals surface area contributed by atoms with Crippen LogP contribution in [0.1, 0.15) is 60.3 Å². The van der Waals surface area contributed by atoms with Gasteiger partial charge in [0.2, 0.25) is 5.91 Å². The number of hydrogen-bond donors (Lipinski definition) is 1. The van der Waals surface area contributed by atoms with Gasteiger partial charge < -0.3 is 5.32 Å². The van der Waals surface area contributed by atoms with Gasteiger partial charge in [0.15, 0.2) is 0 Å². The largest absolute Gasteiger partial charge is 0.352 e. The maximum Gasteiger partial charge on any atom is 0.225 e. The zero-order valence-electron chi connectivity index (χ0n) is 10.8. The highest BCUT2D eigenvalue weighted by Crippen LogP contribution is 2.35. The Bertz CT molecular complexity index is 237. The second-order valence-corrected chi connectivity index (χ2v) is 6.51. The van der Waals surface area contributed by atoms with Gasteiger partial charge in [0.1, 0.15) is 0 Å². The molecule has 1 saturated carbocycles. The van der Waals surface area contributed by atoms with Crippen LogP contribution in [0.5, 0.6) is 0 Å². The normalized spacial score (nSPS) is 26.1. The van der Waals surface area contributed by atoms with Gasteiger partial charge in [-0.3, -0.25) is 4.79 Å². The summed E-state index contributed by atoms with van der Waals surface area (Å²) < 4.78 is 0. The molecule has 88 valence electrons. The van der Waals surface area contributed by atoms with E-state index >= 15 is 0 Å². The Hall–Kier alpha value is -0.530. The molecule has 0 aromatic rings. The zero-order chi connectivity index (χ0) is 11.7. The molecule has 1 atom stereocenters. The van der Waals surface area contributed by atoms with Crippen LogP contribution in [0.3, 0.4) is 0 Å². The van der Waals surface area contributed by atoms with E-state index < -0.39 is 0 Å². The second kappa shape index (κ2) is 4.15. The van der Waals surface area contributed by atoms with Crippen molar-refractivity contribution < 1.29 is 4.79 Å². The van der Waals surface area contributed by atoms with Gasteiger partial charge >= 0.3 is 0 Å². The average Bonchev–Trinajstić information content (AvgIpc) is 2.06. The lowest BCUT2D eigenvalue weighted by molar-refractivity contribution is -0.130. The highest BCUT2D eigenvalue weighted by atomic mass is 16.2. The molecule has 1 N–H and O–H groups in total. The first-order valence-electron chi connectivity index (χ1n) is 6.04.